The molecule has 0 aliphatic heterocycles. The van der Waals surface area contributed by atoms with Crippen LogP contribution in [0.5, 0.6) is 17.2 Å². The van der Waals surface area contributed by atoms with Crippen LogP contribution in [0.15, 0.2) is 66.7 Å². The Kier molecular flexibility index (Phi) is 6.66. The molecule has 5 heteroatoms. The van der Waals surface area contributed by atoms with Crippen LogP contribution >= 0.6 is 11.3 Å². The van der Waals surface area contributed by atoms with Crippen molar-refractivity contribution < 1.29 is 14.2 Å². The molecule has 0 radical (unpaired) electrons. The quantitative estimate of drug-likeness (QED) is 0.270. The lowest BCUT2D eigenvalue weighted by Crippen LogP contribution is -2.12. The molecule has 1 heterocycles. The predicted octanol–water partition coefficient (Wildman–Crippen LogP) is 7.12. The average Bonchev–Trinajstić information content (AvgIpc) is 3.22. The van der Waals surface area contributed by atoms with Gasteiger partial charge < -0.3 is 14.2 Å². The molecule has 0 unspecified atom stereocenters. The Morgan fingerprint density at radius 1 is 0.812 bits per heavy atom. The highest BCUT2D eigenvalue weighted by molar-refractivity contribution is 7.21. The maximum absolute atomic E-state index is 5.97. The van der Waals surface area contributed by atoms with Gasteiger partial charge in [-0.15, -0.1) is 11.3 Å². The molecule has 0 aliphatic carbocycles. The van der Waals surface area contributed by atoms with Gasteiger partial charge in [0.15, 0.2) is 11.5 Å². The van der Waals surface area contributed by atoms with Crippen molar-refractivity contribution in [2.24, 2.45) is 0 Å². The van der Waals surface area contributed by atoms with E-state index in [0.29, 0.717) is 25.6 Å². The first-order valence-corrected chi connectivity index (χ1v) is 11.7. The molecule has 32 heavy (non-hydrogen) atoms. The molecule has 0 bridgehead atoms. The standard InChI is InChI=1S/C27H29NO3S/c1-5-29-24-18-19(26-28-22-8-6-7-9-25(22)32-26)10-15-23(24)31-17-16-30-21-13-11-20(12-14-21)27(2,3)4/h6-15,18H,5,16-17H2,1-4H3. The van der Waals surface area contributed by atoms with Gasteiger partial charge in [0.05, 0.1) is 16.8 Å². The molecule has 4 rings (SSSR count). The highest BCUT2D eigenvalue weighted by Gasteiger charge is 2.13. The maximum Gasteiger partial charge on any atom is 0.161 e. The zero-order chi connectivity index (χ0) is 22.6. The van der Waals surface area contributed by atoms with Gasteiger partial charge in [-0.25, -0.2) is 4.98 Å². The minimum atomic E-state index is 0.134. The minimum Gasteiger partial charge on any atom is -0.490 e. The molecule has 4 nitrogen and oxygen atoms in total. The third-order valence-electron chi connectivity index (χ3n) is 5.11. The summed E-state index contributed by atoms with van der Waals surface area (Å²) in [7, 11) is 0. The number of thiazole rings is 1. The second kappa shape index (κ2) is 9.61. The van der Waals surface area contributed by atoms with E-state index in [4.69, 9.17) is 19.2 Å². The minimum absolute atomic E-state index is 0.134. The molecule has 3 aromatic carbocycles. The number of fused-ring (bicyclic) bond motifs is 1. The number of rotatable bonds is 8. The van der Waals surface area contributed by atoms with E-state index in [0.717, 1.165) is 27.6 Å². The summed E-state index contributed by atoms with van der Waals surface area (Å²) < 4.78 is 18.8. The molecule has 0 saturated heterocycles. The zero-order valence-corrected chi connectivity index (χ0v) is 19.9. The molecule has 0 N–H and O–H groups in total. The Morgan fingerprint density at radius 3 is 2.28 bits per heavy atom. The van der Waals surface area contributed by atoms with Gasteiger partial charge in [0.25, 0.3) is 0 Å². The Balaban J connectivity index is 1.40. The summed E-state index contributed by atoms with van der Waals surface area (Å²) >= 11 is 1.68. The third kappa shape index (κ3) is 5.22. The molecule has 0 spiro atoms. The summed E-state index contributed by atoms with van der Waals surface area (Å²) in [6.45, 7) is 10.0. The maximum atomic E-state index is 5.97. The summed E-state index contributed by atoms with van der Waals surface area (Å²) in [6, 6.07) is 22.4. The Labute approximate surface area is 193 Å². The lowest BCUT2D eigenvalue weighted by atomic mass is 9.87. The van der Waals surface area contributed by atoms with Crippen molar-refractivity contribution in [3.8, 4) is 27.8 Å². The van der Waals surface area contributed by atoms with Crippen molar-refractivity contribution in [3.63, 3.8) is 0 Å². The van der Waals surface area contributed by atoms with Gasteiger partial charge in [-0.3, -0.25) is 0 Å². The summed E-state index contributed by atoms with van der Waals surface area (Å²) in [5.41, 5.74) is 3.46. The first kappa shape index (κ1) is 22.2. The molecular weight excluding hydrogens is 418 g/mol. The summed E-state index contributed by atoms with van der Waals surface area (Å²) in [6.07, 6.45) is 0. The first-order chi connectivity index (χ1) is 15.4. The second-order valence-electron chi connectivity index (χ2n) is 8.55. The molecule has 0 atom stereocenters. The largest absolute Gasteiger partial charge is 0.490 e. The van der Waals surface area contributed by atoms with Crippen LogP contribution in [-0.2, 0) is 5.41 Å². The monoisotopic (exact) mass is 447 g/mol. The van der Waals surface area contributed by atoms with Crippen molar-refractivity contribution in [1.82, 2.24) is 4.98 Å². The van der Waals surface area contributed by atoms with Gasteiger partial charge in [0.2, 0.25) is 0 Å². The fraction of sp³-hybridized carbons (Fsp3) is 0.296. The summed E-state index contributed by atoms with van der Waals surface area (Å²) in [5, 5.41) is 0.973. The number of nitrogens with zero attached hydrogens (tertiary/aromatic N) is 1. The lowest BCUT2D eigenvalue weighted by molar-refractivity contribution is 0.208. The highest BCUT2D eigenvalue weighted by Crippen LogP contribution is 2.36. The van der Waals surface area contributed by atoms with E-state index in [1.54, 1.807) is 11.3 Å². The van der Waals surface area contributed by atoms with Gasteiger partial charge in [-0.2, -0.15) is 0 Å². The van der Waals surface area contributed by atoms with E-state index < -0.39 is 0 Å². The van der Waals surface area contributed by atoms with E-state index in [2.05, 4.69) is 39.0 Å². The van der Waals surface area contributed by atoms with Crippen LogP contribution in [-0.4, -0.2) is 24.8 Å². The normalized spacial score (nSPS) is 11.5. The molecule has 0 saturated carbocycles. The van der Waals surface area contributed by atoms with E-state index in [1.807, 2.05) is 55.5 Å². The summed E-state index contributed by atoms with van der Waals surface area (Å²) in [5.74, 6) is 2.28. The van der Waals surface area contributed by atoms with Crippen LogP contribution in [0.4, 0.5) is 0 Å². The van der Waals surface area contributed by atoms with Crippen LogP contribution < -0.4 is 14.2 Å². The van der Waals surface area contributed by atoms with E-state index in [9.17, 15) is 0 Å². The molecule has 166 valence electrons. The van der Waals surface area contributed by atoms with E-state index in [1.165, 1.54) is 10.3 Å². The molecule has 0 amide bonds. The lowest BCUT2D eigenvalue weighted by Gasteiger charge is -2.19. The fourth-order valence-electron chi connectivity index (χ4n) is 3.39. The van der Waals surface area contributed by atoms with Crippen molar-refractivity contribution in [2.75, 3.05) is 19.8 Å². The molecule has 4 aromatic rings. The van der Waals surface area contributed by atoms with Crippen molar-refractivity contribution in [3.05, 3.63) is 72.3 Å². The molecular formula is C27H29NO3S. The molecule has 0 aliphatic rings. The average molecular weight is 448 g/mol. The van der Waals surface area contributed by atoms with Crippen LogP contribution in [0.1, 0.15) is 33.3 Å². The van der Waals surface area contributed by atoms with Crippen LogP contribution in [0, 0.1) is 0 Å². The Hall–Kier alpha value is -3.05. The smallest absolute Gasteiger partial charge is 0.161 e. The van der Waals surface area contributed by atoms with Gasteiger partial charge in [-0.1, -0.05) is 45.0 Å². The second-order valence-corrected chi connectivity index (χ2v) is 9.58. The van der Waals surface area contributed by atoms with Gasteiger partial charge in [0.1, 0.15) is 24.0 Å². The van der Waals surface area contributed by atoms with E-state index >= 15 is 0 Å². The third-order valence-corrected chi connectivity index (χ3v) is 6.20. The van der Waals surface area contributed by atoms with Crippen molar-refractivity contribution in [1.29, 1.82) is 0 Å². The molecule has 1 aromatic heterocycles. The highest BCUT2D eigenvalue weighted by atomic mass is 32.1. The SMILES string of the molecule is CCOc1cc(-c2nc3ccccc3s2)ccc1OCCOc1ccc(C(C)(C)C)cc1. The Bertz CT molecular complexity index is 1140. The van der Waals surface area contributed by atoms with Crippen LogP contribution in [0.3, 0.4) is 0 Å². The first-order valence-electron chi connectivity index (χ1n) is 10.9. The van der Waals surface area contributed by atoms with Crippen LogP contribution in [0.2, 0.25) is 0 Å². The number of hydrogen-bond acceptors (Lipinski definition) is 5. The number of para-hydroxylation sites is 1. The van der Waals surface area contributed by atoms with Gasteiger partial charge >= 0.3 is 0 Å². The van der Waals surface area contributed by atoms with Crippen LogP contribution in [0.25, 0.3) is 20.8 Å². The fourth-order valence-corrected chi connectivity index (χ4v) is 4.35. The van der Waals surface area contributed by atoms with Gasteiger partial charge in [-0.05, 0) is 60.4 Å². The van der Waals surface area contributed by atoms with Crippen molar-refractivity contribution >= 4 is 21.6 Å². The summed E-state index contributed by atoms with van der Waals surface area (Å²) in [4.78, 5) is 4.75. The van der Waals surface area contributed by atoms with Gasteiger partial charge in [0, 0.05) is 5.56 Å². The Morgan fingerprint density at radius 2 is 1.56 bits per heavy atom. The number of benzene rings is 3. The van der Waals surface area contributed by atoms with Crippen molar-refractivity contribution in [2.45, 2.75) is 33.1 Å². The topological polar surface area (TPSA) is 40.6 Å². The van der Waals surface area contributed by atoms with E-state index in [-0.39, 0.29) is 5.41 Å². The predicted molar refractivity (Wildman–Crippen MR) is 132 cm³/mol. The number of hydrogen-bond donors (Lipinski definition) is 0. The zero-order valence-electron chi connectivity index (χ0n) is 19.1. The number of aromatic nitrogens is 1. The molecule has 0 fully saturated rings. The number of ether oxygens (including phenoxy) is 3.